The Morgan fingerprint density at radius 3 is 2.61 bits per heavy atom. The molecule has 0 aromatic heterocycles. The molecule has 3 heterocycles. The van der Waals surface area contributed by atoms with Gasteiger partial charge in [-0.25, -0.2) is 0 Å². The lowest BCUT2D eigenvalue weighted by molar-refractivity contribution is 0.106. The second-order valence-electron chi connectivity index (χ2n) is 8.54. The average Bonchev–Trinajstić information content (AvgIpc) is 3.25. The van der Waals surface area contributed by atoms with Gasteiger partial charge in [0, 0.05) is 18.6 Å². The molecule has 0 fully saturated rings. The van der Waals surface area contributed by atoms with Crippen LogP contribution in [0.2, 0.25) is 0 Å². The Labute approximate surface area is 181 Å². The number of phenolic OH excluding ortho intramolecular Hbond substituents is 1. The van der Waals surface area contributed by atoms with Gasteiger partial charge in [0.25, 0.3) is 0 Å². The zero-order valence-electron chi connectivity index (χ0n) is 17.5. The molecule has 31 heavy (non-hydrogen) atoms. The number of aromatic hydroxyl groups is 1. The van der Waals surface area contributed by atoms with Crippen LogP contribution in [0, 0.1) is 0 Å². The van der Waals surface area contributed by atoms with Gasteiger partial charge >= 0.3 is 0 Å². The zero-order valence-corrected chi connectivity index (χ0v) is 17.5. The van der Waals surface area contributed by atoms with E-state index in [1.54, 1.807) is 7.11 Å². The molecule has 3 aromatic rings. The lowest BCUT2D eigenvalue weighted by atomic mass is 9.79. The van der Waals surface area contributed by atoms with Gasteiger partial charge in [0.2, 0.25) is 6.79 Å². The molecule has 0 aliphatic carbocycles. The van der Waals surface area contributed by atoms with Crippen molar-refractivity contribution in [3.05, 3.63) is 82.4 Å². The molecule has 2 atom stereocenters. The third-order valence-electron chi connectivity index (χ3n) is 6.92. The van der Waals surface area contributed by atoms with Crippen molar-refractivity contribution in [3.63, 3.8) is 0 Å². The molecule has 0 saturated carbocycles. The first-order valence-corrected chi connectivity index (χ1v) is 10.8. The summed E-state index contributed by atoms with van der Waals surface area (Å²) in [6.07, 6.45) is 2.76. The average molecular weight is 415 g/mol. The Bertz CT molecular complexity index is 1140. The maximum absolute atomic E-state index is 10.5. The summed E-state index contributed by atoms with van der Waals surface area (Å²) in [5.74, 6) is 2.44. The van der Waals surface area contributed by atoms with Crippen LogP contribution >= 0.6 is 0 Å². The number of nitrogens with zero attached hydrogens (tertiary/aromatic N) is 1. The summed E-state index contributed by atoms with van der Waals surface area (Å²) in [5.41, 5.74) is 6.40. The number of hydrogen-bond donors (Lipinski definition) is 1. The molecule has 0 saturated heterocycles. The largest absolute Gasteiger partial charge is 0.504 e. The van der Waals surface area contributed by atoms with Crippen molar-refractivity contribution in [1.29, 1.82) is 0 Å². The standard InChI is InChI=1S/C26H25NO4/c1-29-24-12-18-10-22-20-14-26-25(30-15-31-26)11-17(20)7-8-27(22)21(19(18)13-23(24)28)9-16-5-3-2-4-6-16/h2-6,11-14,21-22,28H,7-10,15H2,1H3. The highest BCUT2D eigenvalue weighted by atomic mass is 16.7. The smallest absolute Gasteiger partial charge is 0.231 e. The van der Waals surface area contributed by atoms with Crippen LogP contribution in [0.15, 0.2) is 54.6 Å². The minimum absolute atomic E-state index is 0.187. The first-order valence-electron chi connectivity index (χ1n) is 10.8. The Balaban J connectivity index is 1.47. The monoisotopic (exact) mass is 415 g/mol. The van der Waals surface area contributed by atoms with Gasteiger partial charge in [0.05, 0.1) is 7.11 Å². The number of hydrogen-bond acceptors (Lipinski definition) is 5. The van der Waals surface area contributed by atoms with Gasteiger partial charge in [-0.15, -0.1) is 0 Å². The van der Waals surface area contributed by atoms with Crippen LogP contribution in [-0.2, 0) is 19.3 Å². The number of benzene rings is 3. The molecule has 3 aliphatic heterocycles. The SMILES string of the molecule is COc1cc2c(cc1O)C(Cc1ccccc1)N1CCc3cc4c(cc3C1C2)OCO4. The van der Waals surface area contributed by atoms with E-state index >= 15 is 0 Å². The van der Waals surface area contributed by atoms with Gasteiger partial charge in [-0.2, -0.15) is 0 Å². The van der Waals surface area contributed by atoms with Crippen molar-refractivity contribution in [3.8, 4) is 23.0 Å². The van der Waals surface area contributed by atoms with Crippen LogP contribution < -0.4 is 14.2 Å². The Morgan fingerprint density at radius 1 is 1.00 bits per heavy atom. The molecule has 0 radical (unpaired) electrons. The lowest BCUT2D eigenvalue weighted by Gasteiger charge is -2.47. The third kappa shape index (κ3) is 3.03. The van der Waals surface area contributed by atoms with Crippen molar-refractivity contribution >= 4 is 0 Å². The molecule has 2 unspecified atom stereocenters. The first kappa shape index (κ1) is 18.6. The van der Waals surface area contributed by atoms with Crippen LogP contribution in [0.3, 0.4) is 0 Å². The van der Waals surface area contributed by atoms with Gasteiger partial charge in [-0.1, -0.05) is 30.3 Å². The molecule has 3 aromatic carbocycles. The Kier molecular flexibility index (Phi) is 4.32. The number of methoxy groups -OCH3 is 1. The predicted molar refractivity (Wildman–Crippen MR) is 117 cm³/mol. The molecule has 0 spiro atoms. The third-order valence-corrected chi connectivity index (χ3v) is 6.92. The van der Waals surface area contributed by atoms with Crippen molar-refractivity contribution < 1.29 is 19.3 Å². The summed E-state index contributed by atoms with van der Waals surface area (Å²) < 4.78 is 16.7. The molecule has 0 amide bonds. The van der Waals surface area contributed by atoms with Crippen molar-refractivity contribution in [2.45, 2.75) is 31.3 Å². The summed E-state index contributed by atoms with van der Waals surface area (Å²) in [4.78, 5) is 2.60. The van der Waals surface area contributed by atoms with Gasteiger partial charge in [0.15, 0.2) is 23.0 Å². The number of fused-ring (bicyclic) bond motifs is 5. The maximum atomic E-state index is 10.5. The normalized spacial score (nSPS) is 21.2. The minimum Gasteiger partial charge on any atom is -0.504 e. The van der Waals surface area contributed by atoms with Crippen LogP contribution in [0.1, 0.15) is 39.9 Å². The van der Waals surface area contributed by atoms with E-state index < -0.39 is 0 Å². The summed E-state index contributed by atoms with van der Waals surface area (Å²) in [6, 6.07) is 19.3. The van der Waals surface area contributed by atoms with E-state index in [1.807, 2.05) is 12.1 Å². The Hall–Kier alpha value is -3.18. The molecule has 3 aliphatic rings. The molecular formula is C26H25NO4. The Morgan fingerprint density at radius 2 is 1.81 bits per heavy atom. The summed E-state index contributed by atoms with van der Waals surface area (Å²) >= 11 is 0. The van der Waals surface area contributed by atoms with Gasteiger partial charge < -0.3 is 19.3 Å². The van der Waals surface area contributed by atoms with Crippen LogP contribution in [0.5, 0.6) is 23.0 Å². The molecule has 158 valence electrons. The van der Waals surface area contributed by atoms with Gasteiger partial charge in [0.1, 0.15) is 0 Å². The molecule has 6 rings (SSSR count). The van der Waals surface area contributed by atoms with E-state index in [4.69, 9.17) is 14.2 Å². The van der Waals surface area contributed by atoms with Crippen molar-refractivity contribution in [2.75, 3.05) is 20.4 Å². The van der Waals surface area contributed by atoms with E-state index in [-0.39, 0.29) is 17.8 Å². The van der Waals surface area contributed by atoms with Crippen LogP contribution in [0.4, 0.5) is 0 Å². The first-order chi connectivity index (χ1) is 15.2. The molecule has 5 heteroatoms. The predicted octanol–water partition coefficient (Wildman–Crippen LogP) is 4.57. The molecule has 0 bridgehead atoms. The highest BCUT2D eigenvalue weighted by molar-refractivity contribution is 5.54. The van der Waals surface area contributed by atoms with Crippen LogP contribution in [0.25, 0.3) is 0 Å². The van der Waals surface area contributed by atoms with E-state index in [2.05, 4.69) is 47.4 Å². The molecule has 1 N–H and O–H groups in total. The highest BCUT2D eigenvalue weighted by Crippen LogP contribution is 2.49. The summed E-state index contributed by atoms with van der Waals surface area (Å²) in [7, 11) is 1.61. The fourth-order valence-corrected chi connectivity index (χ4v) is 5.44. The second kappa shape index (κ2) is 7.20. The lowest BCUT2D eigenvalue weighted by Crippen LogP contribution is -2.43. The van der Waals surface area contributed by atoms with E-state index in [9.17, 15) is 5.11 Å². The number of phenols is 1. The molecular weight excluding hydrogens is 390 g/mol. The van der Waals surface area contributed by atoms with E-state index in [0.717, 1.165) is 37.3 Å². The van der Waals surface area contributed by atoms with Crippen LogP contribution in [-0.4, -0.2) is 30.5 Å². The van der Waals surface area contributed by atoms with Crippen molar-refractivity contribution in [2.24, 2.45) is 0 Å². The van der Waals surface area contributed by atoms with E-state index in [0.29, 0.717) is 12.5 Å². The quantitative estimate of drug-likeness (QED) is 0.679. The number of rotatable bonds is 3. The molecule has 5 nitrogen and oxygen atoms in total. The van der Waals surface area contributed by atoms with E-state index in [1.165, 1.54) is 27.8 Å². The van der Waals surface area contributed by atoms with Gasteiger partial charge in [-0.3, -0.25) is 4.90 Å². The van der Waals surface area contributed by atoms with Gasteiger partial charge in [-0.05, 0) is 71.3 Å². The zero-order chi connectivity index (χ0) is 20.9. The van der Waals surface area contributed by atoms with Crippen molar-refractivity contribution in [1.82, 2.24) is 4.90 Å². The second-order valence-corrected chi connectivity index (χ2v) is 8.54. The topological polar surface area (TPSA) is 51.2 Å². The summed E-state index contributed by atoms with van der Waals surface area (Å²) in [5, 5.41) is 10.5. The fraction of sp³-hybridized carbons (Fsp3) is 0.308. The number of ether oxygens (including phenoxy) is 3. The highest BCUT2D eigenvalue weighted by Gasteiger charge is 2.39. The fourth-order valence-electron chi connectivity index (χ4n) is 5.44. The summed E-state index contributed by atoms with van der Waals surface area (Å²) in [6.45, 7) is 1.27. The minimum atomic E-state index is 0.187. The maximum Gasteiger partial charge on any atom is 0.231 e.